The lowest BCUT2D eigenvalue weighted by Gasteiger charge is -2.08. The summed E-state index contributed by atoms with van der Waals surface area (Å²) >= 11 is 5.68. The number of carboxylic acids is 1. The number of benzene rings is 2. The van der Waals surface area contributed by atoms with Gasteiger partial charge >= 0.3 is 5.97 Å². The van der Waals surface area contributed by atoms with Crippen LogP contribution in [0.3, 0.4) is 0 Å². The molecule has 5 heteroatoms. The van der Waals surface area contributed by atoms with Crippen molar-refractivity contribution in [3.8, 4) is 5.75 Å². The molecule has 0 aliphatic carbocycles. The second-order valence-corrected chi connectivity index (χ2v) is 4.62. The van der Waals surface area contributed by atoms with Crippen LogP contribution >= 0.6 is 11.6 Å². The second-order valence-electron chi connectivity index (χ2n) is 4.22. The van der Waals surface area contributed by atoms with Crippen LogP contribution in [0.2, 0.25) is 5.02 Å². The van der Waals surface area contributed by atoms with Crippen LogP contribution in [0.15, 0.2) is 42.5 Å². The molecule has 0 aliphatic heterocycles. The van der Waals surface area contributed by atoms with Gasteiger partial charge in [0.05, 0.1) is 11.4 Å². The van der Waals surface area contributed by atoms with Crippen molar-refractivity contribution in [2.75, 3.05) is 0 Å². The third kappa shape index (κ3) is 3.71. The Morgan fingerprint density at radius 2 is 1.90 bits per heavy atom. The maximum absolute atomic E-state index is 13.6. The van der Waals surface area contributed by atoms with Gasteiger partial charge in [-0.3, -0.25) is 4.79 Å². The largest absolute Gasteiger partial charge is 0.489 e. The average molecular weight is 295 g/mol. The summed E-state index contributed by atoms with van der Waals surface area (Å²) in [6, 6.07) is 11.4. The van der Waals surface area contributed by atoms with Gasteiger partial charge in [-0.05, 0) is 23.8 Å². The third-order valence-electron chi connectivity index (χ3n) is 2.70. The van der Waals surface area contributed by atoms with Crippen molar-refractivity contribution >= 4 is 17.6 Å². The maximum Gasteiger partial charge on any atom is 0.307 e. The first-order valence-electron chi connectivity index (χ1n) is 5.92. The molecule has 0 bridgehead atoms. The van der Waals surface area contributed by atoms with Crippen LogP contribution in [-0.2, 0) is 17.8 Å². The molecule has 0 amide bonds. The van der Waals surface area contributed by atoms with Crippen LogP contribution in [0.4, 0.5) is 4.39 Å². The van der Waals surface area contributed by atoms with Crippen LogP contribution in [0.5, 0.6) is 5.75 Å². The Hall–Kier alpha value is -2.07. The molecule has 3 nitrogen and oxygen atoms in total. The van der Waals surface area contributed by atoms with Crippen LogP contribution in [0, 0.1) is 5.82 Å². The lowest BCUT2D eigenvalue weighted by atomic mass is 10.1. The number of halogens is 2. The van der Waals surface area contributed by atoms with Crippen molar-refractivity contribution in [3.63, 3.8) is 0 Å². The Balaban J connectivity index is 2.00. The molecule has 0 fully saturated rings. The van der Waals surface area contributed by atoms with Gasteiger partial charge in [-0.1, -0.05) is 35.9 Å². The predicted molar refractivity (Wildman–Crippen MR) is 73.5 cm³/mol. The summed E-state index contributed by atoms with van der Waals surface area (Å²) < 4.78 is 19.1. The molecule has 2 rings (SSSR count). The first kappa shape index (κ1) is 14.3. The van der Waals surface area contributed by atoms with E-state index in [4.69, 9.17) is 21.4 Å². The number of hydrogen-bond acceptors (Lipinski definition) is 2. The Morgan fingerprint density at radius 3 is 2.55 bits per heavy atom. The van der Waals surface area contributed by atoms with Gasteiger partial charge in [0.25, 0.3) is 0 Å². The molecule has 0 atom stereocenters. The molecule has 0 radical (unpaired) electrons. The highest BCUT2D eigenvalue weighted by molar-refractivity contribution is 6.30. The zero-order chi connectivity index (χ0) is 14.5. The summed E-state index contributed by atoms with van der Waals surface area (Å²) in [5.41, 5.74) is 1.05. The van der Waals surface area contributed by atoms with Gasteiger partial charge in [-0.25, -0.2) is 4.39 Å². The summed E-state index contributed by atoms with van der Waals surface area (Å²) in [4.78, 5) is 10.5. The van der Waals surface area contributed by atoms with Crippen molar-refractivity contribution in [1.82, 2.24) is 0 Å². The minimum Gasteiger partial charge on any atom is -0.489 e. The monoisotopic (exact) mass is 294 g/mol. The van der Waals surface area contributed by atoms with E-state index in [2.05, 4.69) is 0 Å². The molecule has 2 aromatic carbocycles. The minimum atomic E-state index is -0.889. The summed E-state index contributed by atoms with van der Waals surface area (Å²) in [5, 5.41) is 8.72. The quantitative estimate of drug-likeness (QED) is 0.915. The van der Waals surface area contributed by atoms with Gasteiger partial charge in [0.2, 0.25) is 0 Å². The molecule has 0 spiro atoms. The average Bonchev–Trinajstić information content (AvgIpc) is 2.41. The van der Waals surface area contributed by atoms with Crippen molar-refractivity contribution in [1.29, 1.82) is 0 Å². The molecule has 0 unspecified atom stereocenters. The van der Waals surface area contributed by atoms with Crippen LogP contribution in [-0.4, -0.2) is 11.1 Å². The number of hydrogen-bond donors (Lipinski definition) is 1. The topological polar surface area (TPSA) is 46.5 Å². The summed E-state index contributed by atoms with van der Waals surface area (Å²) in [7, 11) is 0. The molecule has 0 aromatic heterocycles. The Labute approximate surface area is 120 Å². The van der Waals surface area contributed by atoms with E-state index >= 15 is 0 Å². The highest BCUT2D eigenvalue weighted by atomic mass is 35.5. The zero-order valence-corrected chi connectivity index (χ0v) is 11.2. The predicted octanol–water partition coefficient (Wildman–Crippen LogP) is 3.69. The Kier molecular flexibility index (Phi) is 4.58. The number of carbonyl (C=O) groups is 1. The smallest absolute Gasteiger partial charge is 0.307 e. The van der Waals surface area contributed by atoms with Gasteiger partial charge in [0.15, 0.2) is 0 Å². The molecule has 2 aromatic rings. The SMILES string of the molecule is O=C(O)Cc1ccc(OCc2cccc(Cl)c2F)cc1. The summed E-state index contributed by atoms with van der Waals surface area (Å²) in [5.74, 6) is -0.838. The minimum absolute atomic E-state index is 0.0385. The fourth-order valence-electron chi connectivity index (χ4n) is 1.70. The second kappa shape index (κ2) is 6.39. The fourth-order valence-corrected chi connectivity index (χ4v) is 1.89. The van der Waals surface area contributed by atoms with Crippen molar-refractivity contribution < 1.29 is 19.0 Å². The zero-order valence-electron chi connectivity index (χ0n) is 10.5. The molecule has 104 valence electrons. The first-order chi connectivity index (χ1) is 9.56. The van der Waals surface area contributed by atoms with Crippen LogP contribution in [0.25, 0.3) is 0 Å². The number of carboxylic acid groups (broad SMARTS) is 1. The van der Waals surface area contributed by atoms with E-state index < -0.39 is 11.8 Å². The first-order valence-corrected chi connectivity index (χ1v) is 6.30. The van der Waals surface area contributed by atoms with Gasteiger partial charge in [-0.15, -0.1) is 0 Å². The highest BCUT2D eigenvalue weighted by Gasteiger charge is 2.07. The summed E-state index contributed by atoms with van der Waals surface area (Å²) in [6.45, 7) is 0.0602. The lowest BCUT2D eigenvalue weighted by molar-refractivity contribution is -0.136. The van der Waals surface area contributed by atoms with Gasteiger partial charge in [0, 0.05) is 5.56 Å². The van der Waals surface area contributed by atoms with E-state index in [0.29, 0.717) is 16.9 Å². The normalized spacial score (nSPS) is 10.3. The number of ether oxygens (including phenoxy) is 1. The van der Waals surface area contributed by atoms with E-state index in [-0.39, 0.29) is 18.1 Å². The van der Waals surface area contributed by atoms with E-state index in [1.54, 1.807) is 36.4 Å². The molecule has 1 N–H and O–H groups in total. The highest BCUT2D eigenvalue weighted by Crippen LogP contribution is 2.20. The van der Waals surface area contributed by atoms with E-state index in [9.17, 15) is 9.18 Å². The van der Waals surface area contributed by atoms with Crippen molar-refractivity contribution in [2.45, 2.75) is 13.0 Å². The molecule has 0 aliphatic rings. The van der Waals surface area contributed by atoms with Crippen LogP contribution < -0.4 is 4.74 Å². The van der Waals surface area contributed by atoms with Crippen LogP contribution in [0.1, 0.15) is 11.1 Å². The summed E-state index contributed by atoms with van der Waals surface area (Å²) in [6.07, 6.45) is -0.0385. The number of rotatable bonds is 5. The van der Waals surface area contributed by atoms with Crippen molar-refractivity contribution in [2.24, 2.45) is 0 Å². The Bertz CT molecular complexity index is 611. The molecular weight excluding hydrogens is 283 g/mol. The lowest BCUT2D eigenvalue weighted by Crippen LogP contribution is -2.01. The number of aliphatic carboxylic acids is 1. The Morgan fingerprint density at radius 1 is 1.20 bits per heavy atom. The molecule has 20 heavy (non-hydrogen) atoms. The van der Waals surface area contributed by atoms with Crippen molar-refractivity contribution in [3.05, 3.63) is 64.4 Å². The van der Waals surface area contributed by atoms with E-state index in [1.165, 1.54) is 6.07 Å². The fraction of sp³-hybridized carbons (Fsp3) is 0.133. The molecular formula is C15H12ClFO3. The maximum atomic E-state index is 13.6. The molecule has 0 saturated carbocycles. The standard InChI is InChI=1S/C15H12ClFO3/c16-13-3-1-2-11(15(13)17)9-20-12-6-4-10(5-7-12)8-14(18)19/h1-7H,8-9H2,(H,18,19). The third-order valence-corrected chi connectivity index (χ3v) is 3.00. The van der Waals surface area contributed by atoms with Gasteiger partial charge in [-0.2, -0.15) is 0 Å². The van der Waals surface area contributed by atoms with E-state index in [1.807, 2.05) is 0 Å². The van der Waals surface area contributed by atoms with E-state index in [0.717, 1.165) is 0 Å². The molecule has 0 saturated heterocycles. The molecule has 0 heterocycles. The van der Waals surface area contributed by atoms with Gasteiger partial charge in [0.1, 0.15) is 18.2 Å². The van der Waals surface area contributed by atoms with Gasteiger partial charge < -0.3 is 9.84 Å².